The van der Waals surface area contributed by atoms with Crippen molar-refractivity contribution < 1.29 is 56.2 Å². The predicted molar refractivity (Wildman–Crippen MR) is 50.1 cm³/mol. The second-order valence-corrected chi connectivity index (χ2v) is 3.27. The number of hydrogen-bond acceptors (Lipinski definition) is 2. The summed E-state index contributed by atoms with van der Waals surface area (Å²) in [7, 11) is 0. The van der Waals surface area contributed by atoms with Crippen molar-refractivity contribution in [2.45, 2.75) is 19.0 Å². The maximum atomic E-state index is 10.8. The Morgan fingerprint density at radius 2 is 2.00 bits per heavy atom. The molecule has 2 N–H and O–H groups in total. The van der Waals surface area contributed by atoms with Gasteiger partial charge in [0.2, 0.25) is 0 Å². The number of carbonyl (C=O) groups is 1. The molecule has 68 valence electrons. The number of fused-ring (bicyclic) bond motifs is 1. The quantitative estimate of drug-likeness (QED) is 0.566. The molecule has 1 aromatic carbocycles. The third kappa shape index (κ3) is 2.65. The van der Waals surface area contributed by atoms with E-state index < -0.39 is 5.91 Å². The molecule has 1 atom stereocenters. The van der Waals surface area contributed by atoms with Gasteiger partial charge in [0.1, 0.15) is 0 Å². The summed E-state index contributed by atoms with van der Waals surface area (Å²) in [6.07, 6.45) is 0.651. The van der Waals surface area contributed by atoms with E-state index in [1.165, 1.54) is 11.1 Å². The van der Waals surface area contributed by atoms with Crippen LogP contribution in [0.25, 0.3) is 5.73 Å². The fourth-order valence-electron chi connectivity index (χ4n) is 1.64. The zero-order chi connectivity index (χ0) is 9.26. The number of carbonyl (C=O) groups excluding carboxylic acids is 1. The fourth-order valence-corrected chi connectivity index (χ4v) is 1.64. The van der Waals surface area contributed by atoms with Crippen molar-refractivity contribution in [1.82, 2.24) is 5.32 Å². The van der Waals surface area contributed by atoms with Crippen LogP contribution in [0.5, 0.6) is 0 Å². The standard InChI is InChI=1S/C10H12N2O.K/c11-10(13)9-5-7-3-1-2-4-8(7)6-12-9;/h1-4,9,12H,5-6H2,(H2,11,13);/q;+1/p-1. The molecule has 2 rings (SSSR count). The fraction of sp³-hybridized carbons (Fsp3) is 0.300. The maximum Gasteiger partial charge on any atom is 1.00 e. The monoisotopic (exact) mass is 214 g/mol. The number of nitrogens with one attached hydrogen (secondary N) is 2. The van der Waals surface area contributed by atoms with Gasteiger partial charge in [-0.2, -0.15) is 0 Å². The minimum atomic E-state index is -0.519. The molecule has 1 aliphatic rings. The summed E-state index contributed by atoms with van der Waals surface area (Å²) in [6, 6.07) is 7.72. The van der Waals surface area contributed by atoms with E-state index in [-0.39, 0.29) is 57.4 Å². The second-order valence-electron chi connectivity index (χ2n) is 3.27. The molecule has 0 aliphatic carbocycles. The van der Waals surface area contributed by atoms with E-state index in [0.717, 1.165) is 0 Å². The Kier molecular flexibility index (Phi) is 4.76. The van der Waals surface area contributed by atoms with Gasteiger partial charge in [0.25, 0.3) is 0 Å². The molecule has 0 saturated carbocycles. The van der Waals surface area contributed by atoms with E-state index in [1.54, 1.807) is 0 Å². The van der Waals surface area contributed by atoms with E-state index in [9.17, 15) is 4.79 Å². The average molecular weight is 214 g/mol. The Bertz CT molecular complexity index is 341. The van der Waals surface area contributed by atoms with Gasteiger partial charge in [0.05, 0.1) is 11.9 Å². The molecule has 14 heavy (non-hydrogen) atoms. The third-order valence-electron chi connectivity index (χ3n) is 2.40. The number of hydrogen-bond donors (Lipinski definition) is 1. The Hall–Kier alpha value is 0.286. The van der Waals surface area contributed by atoms with E-state index in [1.807, 2.05) is 24.3 Å². The minimum Gasteiger partial charge on any atom is -0.666 e. The van der Waals surface area contributed by atoms with E-state index in [0.29, 0.717) is 13.0 Å². The molecular weight excluding hydrogens is 203 g/mol. The van der Waals surface area contributed by atoms with Crippen LogP contribution in [0.15, 0.2) is 24.3 Å². The minimum absolute atomic E-state index is 0. The van der Waals surface area contributed by atoms with E-state index in [2.05, 4.69) is 5.32 Å². The molecule has 0 saturated heterocycles. The molecule has 3 nitrogen and oxygen atoms in total. The summed E-state index contributed by atoms with van der Waals surface area (Å²) in [5.74, 6) is -0.519. The topological polar surface area (TPSA) is 52.9 Å². The van der Waals surface area contributed by atoms with E-state index in [4.69, 9.17) is 5.73 Å². The molecule has 1 amide bonds. The van der Waals surface area contributed by atoms with Gasteiger partial charge in [-0.25, -0.2) is 0 Å². The number of rotatable bonds is 1. The van der Waals surface area contributed by atoms with Crippen LogP contribution in [0, 0.1) is 0 Å². The van der Waals surface area contributed by atoms with Crippen LogP contribution in [0.2, 0.25) is 0 Å². The SMILES string of the molecule is [K+].[NH-]C(=O)C1Cc2ccccc2CN1. The Balaban J connectivity index is 0.000000980. The molecule has 1 heterocycles. The first-order valence-corrected chi connectivity index (χ1v) is 4.33. The summed E-state index contributed by atoms with van der Waals surface area (Å²) >= 11 is 0. The van der Waals surface area contributed by atoms with Gasteiger partial charge in [-0.3, -0.25) is 0 Å². The normalized spacial score (nSPS) is 19.3. The van der Waals surface area contributed by atoms with Crippen LogP contribution in [0.1, 0.15) is 11.1 Å². The molecule has 0 aromatic heterocycles. The van der Waals surface area contributed by atoms with Crippen molar-refractivity contribution in [3.63, 3.8) is 0 Å². The smallest absolute Gasteiger partial charge is 0.666 e. The van der Waals surface area contributed by atoms with Crippen LogP contribution in [0.3, 0.4) is 0 Å². The first-order valence-electron chi connectivity index (χ1n) is 4.33. The van der Waals surface area contributed by atoms with Gasteiger partial charge in [0.15, 0.2) is 0 Å². The Labute approximate surface area is 126 Å². The number of benzene rings is 1. The number of amides is 1. The first-order chi connectivity index (χ1) is 6.27. The molecule has 4 heteroatoms. The van der Waals surface area contributed by atoms with Gasteiger partial charge in [-0.15, -0.1) is 0 Å². The van der Waals surface area contributed by atoms with Gasteiger partial charge in [-0.1, -0.05) is 24.3 Å². The zero-order valence-electron chi connectivity index (χ0n) is 8.21. The Morgan fingerprint density at radius 1 is 1.36 bits per heavy atom. The molecule has 0 spiro atoms. The van der Waals surface area contributed by atoms with Crippen molar-refractivity contribution >= 4 is 5.91 Å². The average Bonchev–Trinajstić information content (AvgIpc) is 2.17. The summed E-state index contributed by atoms with van der Waals surface area (Å²) in [4.78, 5) is 10.8. The van der Waals surface area contributed by atoms with Gasteiger partial charge < -0.3 is 15.8 Å². The van der Waals surface area contributed by atoms with Gasteiger partial charge >= 0.3 is 51.4 Å². The molecule has 0 fully saturated rings. The molecule has 0 radical (unpaired) electrons. The Morgan fingerprint density at radius 3 is 2.64 bits per heavy atom. The molecule has 1 aromatic rings. The van der Waals surface area contributed by atoms with Crippen molar-refractivity contribution in [1.29, 1.82) is 0 Å². The van der Waals surface area contributed by atoms with Crippen molar-refractivity contribution in [2.24, 2.45) is 0 Å². The summed E-state index contributed by atoms with van der Waals surface area (Å²) < 4.78 is 0. The van der Waals surface area contributed by atoms with Crippen LogP contribution < -0.4 is 56.7 Å². The molecule has 0 bridgehead atoms. The van der Waals surface area contributed by atoms with Crippen LogP contribution in [-0.4, -0.2) is 11.9 Å². The van der Waals surface area contributed by atoms with Crippen LogP contribution in [-0.2, 0) is 17.8 Å². The summed E-state index contributed by atoms with van der Waals surface area (Å²) in [6.45, 7) is 0.700. The first kappa shape index (κ1) is 12.4. The predicted octanol–water partition coefficient (Wildman–Crippen LogP) is -1.72. The van der Waals surface area contributed by atoms with E-state index >= 15 is 0 Å². The van der Waals surface area contributed by atoms with Crippen molar-refractivity contribution in [3.8, 4) is 0 Å². The van der Waals surface area contributed by atoms with Crippen LogP contribution in [0.4, 0.5) is 0 Å². The molecular formula is C10H11KN2O. The van der Waals surface area contributed by atoms with Crippen molar-refractivity contribution in [2.75, 3.05) is 0 Å². The van der Waals surface area contributed by atoms with Gasteiger partial charge in [0, 0.05) is 6.54 Å². The summed E-state index contributed by atoms with van der Waals surface area (Å²) in [5.41, 5.74) is 9.44. The maximum absolute atomic E-state index is 10.8. The largest absolute Gasteiger partial charge is 1.00 e. The molecule has 1 unspecified atom stereocenters. The van der Waals surface area contributed by atoms with Crippen molar-refractivity contribution in [3.05, 3.63) is 41.1 Å². The molecule has 1 aliphatic heterocycles. The second kappa shape index (κ2) is 5.39. The van der Waals surface area contributed by atoms with Crippen LogP contribution >= 0.6 is 0 Å². The van der Waals surface area contributed by atoms with Gasteiger partial charge in [-0.05, 0) is 17.5 Å². The third-order valence-corrected chi connectivity index (χ3v) is 2.40. The summed E-state index contributed by atoms with van der Waals surface area (Å²) in [5, 5.41) is 3.04. The zero-order valence-corrected chi connectivity index (χ0v) is 11.3.